The van der Waals surface area contributed by atoms with Crippen molar-refractivity contribution in [1.29, 1.82) is 0 Å². The molecular weight excluding hydrogens is 314 g/mol. The Bertz CT molecular complexity index is 894. The van der Waals surface area contributed by atoms with Crippen LogP contribution >= 0.6 is 0 Å². The molecule has 2 heterocycles. The van der Waals surface area contributed by atoms with Gasteiger partial charge in [-0.2, -0.15) is 0 Å². The fraction of sp³-hybridized carbons (Fsp3) is 0.250. The molecule has 0 fully saturated rings. The molecule has 1 aromatic carbocycles. The van der Waals surface area contributed by atoms with E-state index in [0.717, 1.165) is 34.1 Å². The lowest BCUT2D eigenvalue weighted by molar-refractivity contribution is -0.138. The number of aromatic nitrogens is 2. The molecular formula is C20H21N3O2. The van der Waals surface area contributed by atoms with Crippen molar-refractivity contribution in [2.75, 3.05) is 25.6 Å². The maximum Gasteiger partial charge on any atom is 0.325 e. The van der Waals surface area contributed by atoms with Crippen LogP contribution in [0.5, 0.6) is 0 Å². The van der Waals surface area contributed by atoms with Gasteiger partial charge in [-0.3, -0.25) is 9.78 Å². The molecule has 25 heavy (non-hydrogen) atoms. The van der Waals surface area contributed by atoms with Gasteiger partial charge < -0.3 is 9.64 Å². The van der Waals surface area contributed by atoms with Gasteiger partial charge in [0.05, 0.1) is 7.11 Å². The highest BCUT2D eigenvalue weighted by atomic mass is 16.5. The van der Waals surface area contributed by atoms with Gasteiger partial charge in [-0.25, -0.2) is 4.98 Å². The molecule has 0 radical (unpaired) electrons. The van der Waals surface area contributed by atoms with Crippen molar-refractivity contribution in [3.05, 3.63) is 54.5 Å². The second-order valence-corrected chi connectivity index (χ2v) is 5.90. The van der Waals surface area contributed by atoms with Crippen LogP contribution in [0.25, 0.3) is 21.9 Å². The monoisotopic (exact) mass is 335 g/mol. The average Bonchev–Trinajstić information content (AvgIpc) is 2.67. The predicted molar refractivity (Wildman–Crippen MR) is 99.6 cm³/mol. The summed E-state index contributed by atoms with van der Waals surface area (Å²) < 4.78 is 4.78. The molecule has 0 spiro atoms. The largest absolute Gasteiger partial charge is 0.468 e. The Labute approximate surface area is 147 Å². The van der Waals surface area contributed by atoms with Crippen LogP contribution < -0.4 is 4.90 Å². The summed E-state index contributed by atoms with van der Waals surface area (Å²) in [5.74, 6) is 0.476. The Morgan fingerprint density at radius 1 is 1.20 bits per heavy atom. The van der Waals surface area contributed by atoms with Crippen LogP contribution in [0.2, 0.25) is 0 Å². The minimum Gasteiger partial charge on any atom is -0.468 e. The number of rotatable bonds is 5. The molecule has 5 heteroatoms. The number of nitrogens with zero attached hydrogens (tertiary/aromatic N) is 3. The molecule has 0 aliphatic carbocycles. The predicted octanol–water partition coefficient (Wildman–Crippen LogP) is 3.47. The number of pyridine rings is 2. The highest BCUT2D eigenvalue weighted by molar-refractivity contribution is 6.02. The Hall–Kier alpha value is -2.95. The molecule has 0 bridgehead atoms. The zero-order valence-electron chi connectivity index (χ0n) is 14.7. The minimum absolute atomic E-state index is 0.154. The van der Waals surface area contributed by atoms with E-state index in [2.05, 4.69) is 35.1 Å². The van der Waals surface area contributed by atoms with Crippen LogP contribution in [-0.2, 0) is 16.0 Å². The first kappa shape index (κ1) is 16.9. The van der Waals surface area contributed by atoms with Gasteiger partial charge in [0.15, 0.2) is 0 Å². The van der Waals surface area contributed by atoms with E-state index in [4.69, 9.17) is 4.74 Å². The quantitative estimate of drug-likeness (QED) is 0.668. The van der Waals surface area contributed by atoms with Crippen molar-refractivity contribution in [2.45, 2.75) is 13.3 Å². The fourth-order valence-electron chi connectivity index (χ4n) is 2.89. The second kappa shape index (κ2) is 7.30. The number of carbonyl (C=O) groups excluding carboxylic acids is 1. The summed E-state index contributed by atoms with van der Waals surface area (Å²) in [6.07, 6.45) is 6.37. The summed E-state index contributed by atoms with van der Waals surface area (Å²) >= 11 is 0. The summed E-state index contributed by atoms with van der Waals surface area (Å²) in [5.41, 5.74) is 3.28. The topological polar surface area (TPSA) is 55.3 Å². The van der Waals surface area contributed by atoms with E-state index in [0.29, 0.717) is 0 Å². The van der Waals surface area contributed by atoms with Gasteiger partial charge in [0.2, 0.25) is 0 Å². The maximum absolute atomic E-state index is 11.6. The van der Waals surface area contributed by atoms with Crippen LogP contribution in [0.15, 0.2) is 48.9 Å². The summed E-state index contributed by atoms with van der Waals surface area (Å²) in [4.78, 5) is 22.3. The average molecular weight is 335 g/mol. The molecule has 5 nitrogen and oxygen atoms in total. The molecule has 128 valence electrons. The smallest absolute Gasteiger partial charge is 0.325 e. The van der Waals surface area contributed by atoms with E-state index < -0.39 is 0 Å². The fourth-order valence-corrected chi connectivity index (χ4v) is 2.89. The summed E-state index contributed by atoms with van der Waals surface area (Å²) in [5, 5.41) is 2.11. The van der Waals surface area contributed by atoms with E-state index in [-0.39, 0.29) is 12.5 Å². The standard InChI is InChI=1S/C20H21N3O2/c1-4-14-7-8-16-17(10-14)20(23(2)13-19(24)25-3)22-12-18(16)15-6-5-9-21-11-15/h5-12H,4,13H2,1-3H3. The number of ether oxygens (including phenoxy) is 1. The third-order valence-corrected chi connectivity index (χ3v) is 4.27. The summed E-state index contributed by atoms with van der Waals surface area (Å²) in [6.45, 7) is 2.28. The molecule has 0 amide bonds. The lowest BCUT2D eigenvalue weighted by Crippen LogP contribution is -2.27. The van der Waals surface area contributed by atoms with Crippen molar-refractivity contribution >= 4 is 22.6 Å². The van der Waals surface area contributed by atoms with E-state index in [1.54, 1.807) is 6.20 Å². The molecule has 0 aliphatic heterocycles. The summed E-state index contributed by atoms with van der Waals surface area (Å²) in [6, 6.07) is 10.3. The molecule has 3 rings (SSSR count). The van der Waals surface area contributed by atoms with Crippen molar-refractivity contribution in [3.63, 3.8) is 0 Å². The zero-order valence-corrected chi connectivity index (χ0v) is 14.7. The molecule has 0 saturated heterocycles. The number of fused-ring (bicyclic) bond motifs is 1. The number of hydrogen-bond acceptors (Lipinski definition) is 5. The maximum atomic E-state index is 11.6. The lowest BCUT2D eigenvalue weighted by Gasteiger charge is -2.20. The number of likely N-dealkylation sites (N-methyl/N-ethyl adjacent to an activating group) is 1. The minimum atomic E-state index is -0.291. The van der Waals surface area contributed by atoms with E-state index in [1.165, 1.54) is 12.7 Å². The van der Waals surface area contributed by atoms with Crippen LogP contribution in [0, 0.1) is 0 Å². The van der Waals surface area contributed by atoms with Gasteiger partial charge in [0, 0.05) is 42.2 Å². The van der Waals surface area contributed by atoms with Crippen molar-refractivity contribution in [1.82, 2.24) is 9.97 Å². The van der Waals surface area contributed by atoms with Gasteiger partial charge in [-0.1, -0.05) is 25.1 Å². The molecule has 0 N–H and O–H groups in total. The normalized spacial score (nSPS) is 10.7. The number of benzene rings is 1. The SMILES string of the molecule is CCc1ccc2c(-c3cccnc3)cnc(N(C)CC(=O)OC)c2c1. The van der Waals surface area contributed by atoms with Gasteiger partial charge in [0.25, 0.3) is 0 Å². The van der Waals surface area contributed by atoms with Gasteiger partial charge in [0.1, 0.15) is 12.4 Å². The molecule has 0 unspecified atom stereocenters. The van der Waals surface area contributed by atoms with Crippen LogP contribution in [0.4, 0.5) is 5.82 Å². The number of esters is 1. The molecule has 3 aromatic rings. The highest BCUT2D eigenvalue weighted by Crippen LogP contribution is 2.33. The number of aryl methyl sites for hydroxylation is 1. The Kier molecular flexibility index (Phi) is 4.93. The van der Waals surface area contributed by atoms with Crippen molar-refractivity contribution in [2.24, 2.45) is 0 Å². The highest BCUT2D eigenvalue weighted by Gasteiger charge is 2.15. The van der Waals surface area contributed by atoms with E-state index in [9.17, 15) is 4.79 Å². The molecule has 2 aromatic heterocycles. The first-order chi connectivity index (χ1) is 12.1. The molecule has 0 atom stereocenters. The number of anilines is 1. The third kappa shape index (κ3) is 3.45. The van der Waals surface area contributed by atoms with E-state index >= 15 is 0 Å². The van der Waals surface area contributed by atoms with Gasteiger partial charge in [-0.05, 0) is 29.5 Å². The van der Waals surface area contributed by atoms with Gasteiger partial charge in [-0.15, -0.1) is 0 Å². The second-order valence-electron chi connectivity index (χ2n) is 5.90. The van der Waals surface area contributed by atoms with Gasteiger partial charge >= 0.3 is 5.97 Å². The first-order valence-electron chi connectivity index (χ1n) is 8.24. The number of methoxy groups -OCH3 is 1. The lowest BCUT2D eigenvalue weighted by atomic mass is 9.99. The zero-order chi connectivity index (χ0) is 17.8. The number of carbonyl (C=O) groups is 1. The summed E-state index contributed by atoms with van der Waals surface area (Å²) in [7, 11) is 3.24. The first-order valence-corrected chi connectivity index (χ1v) is 8.24. The van der Waals surface area contributed by atoms with Crippen LogP contribution in [0.1, 0.15) is 12.5 Å². The Balaban J connectivity index is 2.17. The van der Waals surface area contributed by atoms with E-state index in [1.807, 2.05) is 36.5 Å². The molecule has 0 aliphatic rings. The van der Waals surface area contributed by atoms with Crippen LogP contribution in [-0.4, -0.2) is 36.6 Å². The third-order valence-electron chi connectivity index (χ3n) is 4.27. The van der Waals surface area contributed by atoms with Crippen molar-refractivity contribution < 1.29 is 9.53 Å². The van der Waals surface area contributed by atoms with Crippen LogP contribution in [0.3, 0.4) is 0 Å². The van der Waals surface area contributed by atoms with Crippen molar-refractivity contribution in [3.8, 4) is 11.1 Å². The molecule has 0 saturated carbocycles. The number of hydrogen-bond donors (Lipinski definition) is 0. The Morgan fingerprint density at radius 2 is 2.04 bits per heavy atom. The Morgan fingerprint density at radius 3 is 2.72 bits per heavy atom.